The fourth-order valence-electron chi connectivity index (χ4n) is 1.12. The van der Waals surface area contributed by atoms with Crippen LogP contribution in [-0.2, 0) is 9.53 Å². The summed E-state index contributed by atoms with van der Waals surface area (Å²) in [5, 5.41) is 0. The number of hydrogen-bond donors (Lipinski definition) is 0. The van der Waals surface area contributed by atoms with E-state index in [-0.39, 0.29) is 0 Å². The molecule has 0 radical (unpaired) electrons. The topological polar surface area (TPSA) is 26.3 Å². The largest absolute Gasteiger partial charge is 0.381 e. The van der Waals surface area contributed by atoms with Crippen molar-refractivity contribution in [2.45, 2.75) is 45.4 Å². The molecule has 0 atom stereocenters. The highest BCUT2D eigenvalue weighted by molar-refractivity contribution is 5.48. The van der Waals surface area contributed by atoms with Crippen LogP contribution in [-0.4, -0.2) is 19.5 Å². The molecule has 0 bridgehead atoms. The number of carbonyl (C=O) groups excluding carboxylic acids is 1. The summed E-state index contributed by atoms with van der Waals surface area (Å²) in [6.45, 7) is 3.70. The van der Waals surface area contributed by atoms with E-state index in [4.69, 9.17) is 4.74 Å². The van der Waals surface area contributed by atoms with Gasteiger partial charge in [-0.3, -0.25) is 0 Å². The van der Waals surface area contributed by atoms with Crippen LogP contribution in [0, 0.1) is 0 Å². The van der Waals surface area contributed by atoms with E-state index >= 15 is 0 Å². The first-order chi connectivity index (χ1) is 6.91. The first kappa shape index (κ1) is 13.4. The Morgan fingerprint density at radius 3 is 2.50 bits per heavy atom. The molecule has 14 heavy (non-hydrogen) atoms. The molecule has 0 aliphatic heterocycles. The fraction of sp³-hybridized carbons (Fsp3) is 0.750. The van der Waals surface area contributed by atoms with Crippen molar-refractivity contribution < 1.29 is 9.53 Å². The van der Waals surface area contributed by atoms with E-state index in [1.807, 2.05) is 0 Å². The van der Waals surface area contributed by atoms with Crippen LogP contribution in [0.5, 0.6) is 0 Å². The Kier molecular flexibility index (Phi) is 11.8. The summed E-state index contributed by atoms with van der Waals surface area (Å²) in [4.78, 5) is 9.98. The standard InChI is InChI=1S/C12H22O2/c1-2-3-4-5-6-8-11-14-12-9-7-10-13/h3-4,10H,2,5-9,11-12H2,1H3/b4-3-. The first-order valence-electron chi connectivity index (χ1n) is 5.58. The Bertz CT molecular complexity index is 141. The number of ether oxygens (including phenoxy) is 1. The highest BCUT2D eigenvalue weighted by Crippen LogP contribution is 1.98. The second kappa shape index (κ2) is 12.4. The highest BCUT2D eigenvalue weighted by Gasteiger charge is 1.89. The van der Waals surface area contributed by atoms with E-state index in [0.717, 1.165) is 45.2 Å². The molecule has 0 amide bonds. The van der Waals surface area contributed by atoms with Gasteiger partial charge in [0.05, 0.1) is 0 Å². The Balaban J connectivity index is 2.91. The zero-order chi connectivity index (χ0) is 10.5. The molecule has 0 unspecified atom stereocenters. The lowest BCUT2D eigenvalue weighted by Gasteiger charge is -2.01. The smallest absolute Gasteiger partial charge is 0.120 e. The molecule has 0 aromatic carbocycles. The maximum absolute atomic E-state index is 9.98. The van der Waals surface area contributed by atoms with Crippen LogP contribution in [0.25, 0.3) is 0 Å². The maximum Gasteiger partial charge on any atom is 0.120 e. The van der Waals surface area contributed by atoms with Gasteiger partial charge >= 0.3 is 0 Å². The summed E-state index contributed by atoms with van der Waals surface area (Å²) in [5.74, 6) is 0. The molecule has 0 rings (SSSR count). The molecule has 0 fully saturated rings. The monoisotopic (exact) mass is 198 g/mol. The van der Waals surface area contributed by atoms with Gasteiger partial charge in [-0.05, 0) is 32.1 Å². The van der Waals surface area contributed by atoms with Crippen molar-refractivity contribution in [1.82, 2.24) is 0 Å². The highest BCUT2D eigenvalue weighted by atomic mass is 16.5. The molecule has 0 saturated carbocycles. The summed E-state index contributed by atoms with van der Waals surface area (Å²) >= 11 is 0. The molecule has 0 heterocycles. The van der Waals surface area contributed by atoms with Gasteiger partial charge in [-0.15, -0.1) is 0 Å². The Hall–Kier alpha value is -0.630. The van der Waals surface area contributed by atoms with Crippen LogP contribution >= 0.6 is 0 Å². The van der Waals surface area contributed by atoms with Crippen molar-refractivity contribution in [2.75, 3.05) is 13.2 Å². The molecule has 0 aromatic rings. The molecule has 0 aliphatic rings. The molecule has 0 saturated heterocycles. The fourth-order valence-corrected chi connectivity index (χ4v) is 1.12. The minimum Gasteiger partial charge on any atom is -0.381 e. The van der Waals surface area contributed by atoms with Gasteiger partial charge in [0.15, 0.2) is 0 Å². The third-order valence-electron chi connectivity index (χ3n) is 1.92. The van der Waals surface area contributed by atoms with Crippen molar-refractivity contribution in [3.63, 3.8) is 0 Å². The lowest BCUT2D eigenvalue weighted by molar-refractivity contribution is -0.108. The molecular formula is C12H22O2. The van der Waals surface area contributed by atoms with Crippen LogP contribution in [0.3, 0.4) is 0 Å². The van der Waals surface area contributed by atoms with E-state index in [1.54, 1.807) is 0 Å². The summed E-state index contributed by atoms with van der Waals surface area (Å²) in [5.41, 5.74) is 0. The predicted molar refractivity (Wildman–Crippen MR) is 59.4 cm³/mol. The van der Waals surface area contributed by atoms with Crippen LogP contribution in [0.15, 0.2) is 12.2 Å². The molecule has 0 aliphatic carbocycles. The van der Waals surface area contributed by atoms with Gasteiger partial charge in [0, 0.05) is 19.6 Å². The second-order valence-electron chi connectivity index (χ2n) is 3.30. The number of unbranched alkanes of at least 4 members (excludes halogenated alkanes) is 3. The van der Waals surface area contributed by atoms with Gasteiger partial charge in [0.2, 0.25) is 0 Å². The zero-order valence-electron chi connectivity index (χ0n) is 9.21. The lowest BCUT2D eigenvalue weighted by atomic mass is 10.2. The van der Waals surface area contributed by atoms with Crippen LogP contribution < -0.4 is 0 Å². The van der Waals surface area contributed by atoms with Crippen molar-refractivity contribution in [3.8, 4) is 0 Å². The van der Waals surface area contributed by atoms with Gasteiger partial charge in [-0.1, -0.05) is 19.1 Å². The Labute approximate surface area is 87.3 Å². The first-order valence-corrected chi connectivity index (χ1v) is 5.58. The normalized spacial score (nSPS) is 10.9. The Morgan fingerprint density at radius 1 is 1.00 bits per heavy atom. The minimum atomic E-state index is 0.624. The molecule has 2 nitrogen and oxygen atoms in total. The van der Waals surface area contributed by atoms with E-state index in [2.05, 4.69) is 19.1 Å². The van der Waals surface area contributed by atoms with E-state index < -0.39 is 0 Å². The summed E-state index contributed by atoms with van der Waals surface area (Å²) in [6.07, 6.45) is 11.5. The predicted octanol–water partition coefficient (Wildman–Crippen LogP) is 3.12. The average Bonchev–Trinajstić information content (AvgIpc) is 2.21. The summed E-state index contributed by atoms with van der Waals surface area (Å²) in [7, 11) is 0. The third-order valence-corrected chi connectivity index (χ3v) is 1.92. The van der Waals surface area contributed by atoms with Crippen molar-refractivity contribution in [3.05, 3.63) is 12.2 Å². The maximum atomic E-state index is 9.98. The number of allylic oxidation sites excluding steroid dienone is 2. The van der Waals surface area contributed by atoms with Crippen molar-refractivity contribution in [2.24, 2.45) is 0 Å². The van der Waals surface area contributed by atoms with Gasteiger partial charge in [0.1, 0.15) is 6.29 Å². The molecule has 0 spiro atoms. The average molecular weight is 198 g/mol. The number of carbonyl (C=O) groups is 1. The van der Waals surface area contributed by atoms with Gasteiger partial charge in [-0.2, -0.15) is 0 Å². The number of aldehydes is 1. The summed E-state index contributed by atoms with van der Waals surface area (Å²) in [6, 6.07) is 0. The van der Waals surface area contributed by atoms with Gasteiger partial charge in [0.25, 0.3) is 0 Å². The van der Waals surface area contributed by atoms with E-state index in [9.17, 15) is 4.79 Å². The van der Waals surface area contributed by atoms with Crippen LogP contribution in [0.1, 0.15) is 45.4 Å². The van der Waals surface area contributed by atoms with Gasteiger partial charge in [-0.25, -0.2) is 0 Å². The van der Waals surface area contributed by atoms with Crippen LogP contribution in [0.2, 0.25) is 0 Å². The van der Waals surface area contributed by atoms with Crippen molar-refractivity contribution >= 4 is 6.29 Å². The molecule has 82 valence electrons. The van der Waals surface area contributed by atoms with Crippen molar-refractivity contribution in [1.29, 1.82) is 0 Å². The molecular weight excluding hydrogens is 176 g/mol. The van der Waals surface area contributed by atoms with Crippen LogP contribution in [0.4, 0.5) is 0 Å². The lowest BCUT2D eigenvalue weighted by Crippen LogP contribution is -1.96. The summed E-state index contributed by atoms with van der Waals surface area (Å²) < 4.78 is 5.36. The minimum absolute atomic E-state index is 0.624. The van der Waals surface area contributed by atoms with E-state index in [1.165, 1.54) is 6.42 Å². The molecule has 0 N–H and O–H groups in total. The molecule has 0 aromatic heterocycles. The third kappa shape index (κ3) is 11.4. The van der Waals surface area contributed by atoms with Gasteiger partial charge < -0.3 is 9.53 Å². The SMILES string of the molecule is CC/C=C\CCCCOCCCC=O. The zero-order valence-corrected chi connectivity index (χ0v) is 9.21. The van der Waals surface area contributed by atoms with E-state index in [0.29, 0.717) is 6.42 Å². The number of hydrogen-bond acceptors (Lipinski definition) is 2. The molecule has 2 heteroatoms. The number of rotatable bonds is 10. The Morgan fingerprint density at radius 2 is 1.79 bits per heavy atom. The quantitative estimate of drug-likeness (QED) is 0.306. The second-order valence-corrected chi connectivity index (χ2v) is 3.30.